The molecular formula is C23H29N5OS. The number of anilines is 1. The SMILES string of the molecule is Cc1ccc(C)n1-c1nnc(N2CCCC(C(=O)NCCCc3ccccc3)C2)s1. The number of aryl methyl sites for hydroxylation is 3. The second kappa shape index (κ2) is 9.43. The molecule has 1 amide bonds. The number of carbonyl (C=O) groups is 1. The third-order valence-corrected chi connectivity index (χ3v) is 6.68. The molecule has 1 fully saturated rings. The Hall–Kier alpha value is -2.67. The molecule has 30 heavy (non-hydrogen) atoms. The predicted molar refractivity (Wildman–Crippen MR) is 121 cm³/mol. The standard InChI is InChI=1S/C23H29N5OS/c1-17-12-13-18(2)28(17)23-26-25-22(30-23)27-15-7-11-20(16-27)21(29)24-14-6-10-19-8-4-3-5-9-19/h3-5,8-9,12-13,20H,6-7,10-11,14-16H2,1-2H3,(H,24,29). The minimum absolute atomic E-state index is 0.0119. The number of piperidine rings is 1. The van der Waals surface area contributed by atoms with Crippen LogP contribution in [0.15, 0.2) is 42.5 Å². The average Bonchev–Trinajstić information content (AvgIpc) is 3.38. The molecule has 0 radical (unpaired) electrons. The maximum absolute atomic E-state index is 12.7. The molecule has 7 heteroatoms. The van der Waals surface area contributed by atoms with E-state index in [9.17, 15) is 4.79 Å². The van der Waals surface area contributed by atoms with Gasteiger partial charge in [-0.2, -0.15) is 0 Å². The Balaban J connectivity index is 1.30. The second-order valence-electron chi connectivity index (χ2n) is 7.98. The molecule has 1 saturated heterocycles. The van der Waals surface area contributed by atoms with Crippen LogP contribution in [0.5, 0.6) is 0 Å². The van der Waals surface area contributed by atoms with Crippen molar-refractivity contribution in [3.05, 3.63) is 59.4 Å². The first-order chi connectivity index (χ1) is 14.6. The van der Waals surface area contributed by atoms with E-state index in [1.807, 2.05) is 6.07 Å². The first-order valence-corrected chi connectivity index (χ1v) is 11.5. The number of benzene rings is 1. The summed E-state index contributed by atoms with van der Waals surface area (Å²) in [4.78, 5) is 14.9. The Bertz CT molecular complexity index is 961. The zero-order chi connectivity index (χ0) is 20.9. The van der Waals surface area contributed by atoms with Crippen LogP contribution in [0.2, 0.25) is 0 Å². The molecule has 0 spiro atoms. The lowest BCUT2D eigenvalue weighted by molar-refractivity contribution is -0.125. The van der Waals surface area contributed by atoms with Crippen molar-refractivity contribution in [3.63, 3.8) is 0 Å². The van der Waals surface area contributed by atoms with Crippen LogP contribution in [0.25, 0.3) is 5.13 Å². The molecule has 1 unspecified atom stereocenters. The van der Waals surface area contributed by atoms with E-state index >= 15 is 0 Å². The summed E-state index contributed by atoms with van der Waals surface area (Å²) < 4.78 is 2.13. The normalized spacial score (nSPS) is 16.6. The van der Waals surface area contributed by atoms with Crippen molar-refractivity contribution in [1.29, 1.82) is 0 Å². The number of nitrogens with zero attached hydrogens (tertiary/aromatic N) is 4. The molecule has 0 bridgehead atoms. The maximum Gasteiger partial charge on any atom is 0.224 e. The molecule has 3 heterocycles. The van der Waals surface area contributed by atoms with Crippen molar-refractivity contribution < 1.29 is 4.79 Å². The van der Waals surface area contributed by atoms with Gasteiger partial charge in [-0.3, -0.25) is 9.36 Å². The molecule has 6 nitrogen and oxygen atoms in total. The first kappa shape index (κ1) is 20.6. The molecule has 1 aromatic carbocycles. The van der Waals surface area contributed by atoms with E-state index in [-0.39, 0.29) is 11.8 Å². The van der Waals surface area contributed by atoms with Gasteiger partial charge in [0.15, 0.2) is 0 Å². The van der Waals surface area contributed by atoms with Crippen LogP contribution in [0.3, 0.4) is 0 Å². The quantitative estimate of drug-likeness (QED) is 0.585. The Morgan fingerprint density at radius 3 is 2.60 bits per heavy atom. The van der Waals surface area contributed by atoms with E-state index in [2.05, 4.69) is 75.2 Å². The van der Waals surface area contributed by atoms with Gasteiger partial charge in [-0.05, 0) is 57.2 Å². The maximum atomic E-state index is 12.7. The summed E-state index contributed by atoms with van der Waals surface area (Å²) in [5, 5.41) is 13.8. The van der Waals surface area contributed by atoms with E-state index < -0.39 is 0 Å². The van der Waals surface area contributed by atoms with E-state index in [1.165, 1.54) is 5.56 Å². The summed E-state index contributed by atoms with van der Waals surface area (Å²) in [7, 11) is 0. The molecular weight excluding hydrogens is 394 g/mol. The molecule has 0 saturated carbocycles. The molecule has 3 aromatic rings. The van der Waals surface area contributed by atoms with Gasteiger partial charge in [0.05, 0.1) is 5.92 Å². The summed E-state index contributed by atoms with van der Waals surface area (Å²) >= 11 is 1.59. The van der Waals surface area contributed by atoms with Gasteiger partial charge in [-0.1, -0.05) is 41.7 Å². The van der Waals surface area contributed by atoms with Crippen molar-refractivity contribution in [3.8, 4) is 5.13 Å². The van der Waals surface area contributed by atoms with Gasteiger partial charge in [0.2, 0.25) is 16.2 Å². The molecule has 1 aliphatic rings. The van der Waals surface area contributed by atoms with Crippen molar-refractivity contribution in [2.45, 2.75) is 39.5 Å². The van der Waals surface area contributed by atoms with Gasteiger partial charge in [-0.15, -0.1) is 10.2 Å². The summed E-state index contributed by atoms with van der Waals surface area (Å²) in [6.07, 6.45) is 3.88. The molecule has 0 aliphatic carbocycles. The molecule has 2 aromatic heterocycles. The molecule has 1 aliphatic heterocycles. The summed E-state index contributed by atoms with van der Waals surface area (Å²) in [5.74, 6) is 0.174. The van der Waals surface area contributed by atoms with E-state index in [0.717, 1.165) is 60.4 Å². The van der Waals surface area contributed by atoms with E-state index in [1.54, 1.807) is 11.3 Å². The van der Waals surface area contributed by atoms with Gasteiger partial charge >= 0.3 is 0 Å². The molecule has 4 rings (SSSR count). The Morgan fingerprint density at radius 2 is 1.83 bits per heavy atom. The average molecular weight is 424 g/mol. The Labute approximate surface area is 181 Å². The number of rotatable bonds is 7. The topological polar surface area (TPSA) is 63.1 Å². The number of amides is 1. The third kappa shape index (κ3) is 4.73. The highest BCUT2D eigenvalue weighted by Crippen LogP contribution is 2.29. The predicted octanol–water partition coefficient (Wildman–Crippen LogP) is 3.91. The fourth-order valence-corrected chi connectivity index (χ4v) is 5.06. The van der Waals surface area contributed by atoms with Crippen LogP contribution in [0, 0.1) is 19.8 Å². The van der Waals surface area contributed by atoms with Gasteiger partial charge in [0.1, 0.15) is 0 Å². The van der Waals surface area contributed by atoms with Crippen molar-refractivity contribution >= 4 is 22.4 Å². The summed E-state index contributed by atoms with van der Waals surface area (Å²) in [6, 6.07) is 14.6. The highest BCUT2D eigenvalue weighted by atomic mass is 32.1. The molecule has 1 N–H and O–H groups in total. The zero-order valence-corrected chi connectivity index (χ0v) is 18.5. The van der Waals surface area contributed by atoms with Crippen molar-refractivity contribution in [1.82, 2.24) is 20.1 Å². The van der Waals surface area contributed by atoms with Crippen molar-refractivity contribution in [2.75, 3.05) is 24.5 Å². The minimum atomic E-state index is 0.0119. The fraction of sp³-hybridized carbons (Fsp3) is 0.435. The Kier molecular flexibility index (Phi) is 6.47. The lowest BCUT2D eigenvalue weighted by Gasteiger charge is -2.31. The zero-order valence-electron chi connectivity index (χ0n) is 17.7. The lowest BCUT2D eigenvalue weighted by atomic mass is 9.97. The first-order valence-electron chi connectivity index (χ1n) is 10.7. The lowest BCUT2D eigenvalue weighted by Crippen LogP contribution is -2.43. The Morgan fingerprint density at radius 1 is 1.10 bits per heavy atom. The number of aromatic nitrogens is 3. The number of carbonyl (C=O) groups excluding carboxylic acids is 1. The highest BCUT2D eigenvalue weighted by Gasteiger charge is 2.27. The van der Waals surface area contributed by atoms with Crippen LogP contribution in [0.4, 0.5) is 5.13 Å². The summed E-state index contributed by atoms with van der Waals surface area (Å²) in [6.45, 7) is 6.51. The number of hydrogen-bond acceptors (Lipinski definition) is 5. The van der Waals surface area contributed by atoms with Crippen LogP contribution in [0.1, 0.15) is 36.2 Å². The molecule has 1 atom stereocenters. The van der Waals surface area contributed by atoms with Crippen LogP contribution in [-0.2, 0) is 11.2 Å². The van der Waals surface area contributed by atoms with E-state index in [0.29, 0.717) is 6.54 Å². The monoisotopic (exact) mass is 423 g/mol. The van der Waals surface area contributed by atoms with Gasteiger partial charge < -0.3 is 10.2 Å². The second-order valence-corrected chi connectivity index (χ2v) is 8.92. The third-order valence-electron chi connectivity index (χ3n) is 5.71. The smallest absolute Gasteiger partial charge is 0.224 e. The van der Waals surface area contributed by atoms with E-state index in [4.69, 9.17) is 0 Å². The highest BCUT2D eigenvalue weighted by molar-refractivity contribution is 7.17. The van der Waals surface area contributed by atoms with Gasteiger partial charge in [0.25, 0.3) is 0 Å². The fourth-order valence-electron chi connectivity index (χ4n) is 4.05. The van der Waals surface area contributed by atoms with Crippen LogP contribution < -0.4 is 10.2 Å². The van der Waals surface area contributed by atoms with Crippen molar-refractivity contribution in [2.24, 2.45) is 5.92 Å². The van der Waals surface area contributed by atoms with Crippen LogP contribution in [-0.4, -0.2) is 40.3 Å². The minimum Gasteiger partial charge on any atom is -0.356 e. The number of nitrogens with one attached hydrogen (secondary N) is 1. The van der Waals surface area contributed by atoms with Gasteiger partial charge in [0, 0.05) is 31.0 Å². The molecule has 158 valence electrons. The largest absolute Gasteiger partial charge is 0.356 e. The van der Waals surface area contributed by atoms with Crippen LogP contribution >= 0.6 is 11.3 Å². The summed E-state index contributed by atoms with van der Waals surface area (Å²) in [5.41, 5.74) is 3.62. The number of hydrogen-bond donors (Lipinski definition) is 1. The van der Waals surface area contributed by atoms with Gasteiger partial charge in [-0.25, -0.2) is 0 Å².